The molecule has 0 atom stereocenters. The summed E-state index contributed by atoms with van der Waals surface area (Å²) in [4.78, 5) is 12.4. The first-order valence-corrected chi connectivity index (χ1v) is 11.8. The van der Waals surface area contributed by atoms with Gasteiger partial charge in [0.2, 0.25) is 0 Å². The molecule has 1 aliphatic rings. The van der Waals surface area contributed by atoms with Crippen LogP contribution in [0.5, 0.6) is 5.75 Å². The zero-order chi connectivity index (χ0) is 23.0. The first-order valence-electron chi connectivity index (χ1n) is 9.23. The third kappa shape index (κ3) is 5.07. The molecule has 3 aromatic rings. The van der Waals surface area contributed by atoms with Gasteiger partial charge in [0.25, 0.3) is 5.91 Å². The molecule has 0 radical (unpaired) electrons. The second-order valence-corrected chi connectivity index (χ2v) is 9.76. The quantitative estimate of drug-likeness (QED) is 0.227. The molecule has 9 heteroatoms. The van der Waals surface area contributed by atoms with Crippen LogP contribution >= 0.6 is 56.8 Å². The second kappa shape index (κ2) is 9.22. The van der Waals surface area contributed by atoms with Gasteiger partial charge in [-0.15, -0.1) is 0 Å². The van der Waals surface area contributed by atoms with Crippen molar-refractivity contribution in [1.82, 2.24) is 0 Å². The van der Waals surface area contributed by atoms with Crippen LogP contribution in [-0.4, -0.2) is 5.91 Å². The minimum Gasteiger partial charge on any atom is -0.487 e. The first-order chi connectivity index (χ1) is 15.1. The molecule has 0 fully saturated rings. The molecule has 1 amide bonds. The van der Waals surface area contributed by atoms with E-state index in [-0.39, 0.29) is 5.69 Å². The van der Waals surface area contributed by atoms with E-state index in [1.165, 1.54) is 6.07 Å². The molecule has 4 rings (SSSR count). The van der Waals surface area contributed by atoms with E-state index in [0.717, 1.165) is 36.1 Å². The Labute approximate surface area is 214 Å². The summed E-state index contributed by atoms with van der Waals surface area (Å²) >= 11 is 10.2. The summed E-state index contributed by atoms with van der Waals surface area (Å²) in [5, 5.41) is 3.17. The Morgan fingerprint density at radius 1 is 1.00 bits per heavy atom. The Morgan fingerprint density at radius 2 is 1.66 bits per heavy atom. The van der Waals surface area contributed by atoms with Crippen LogP contribution in [0.3, 0.4) is 0 Å². The lowest BCUT2D eigenvalue weighted by molar-refractivity contribution is -0.137. The van der Waals surface area contributed by atoms with Gasteiger partial charge in [0, 0.05) is 21.8 Å². The van der Waals surface area contributed by atoms with Gasteiger partial charge >= 0.3 is 6.18 Å². The van der Waals surface area contributed by atoms with Crippen molar-refractivity contribution < 1.29 is 22.7 Å². The molecule has 1 heterocycles. The maximum atomic E-state index is 13.0. The number of halogens is 6. The fraction of sp³-hybridized carbons (Fsp3) is 0.0870. The Morgan fingerprint density at radius 3 is 2.28 bits per heavy atom. The van der Waals surface area contributed by atoms with Crippen LogP contribution in [0.15, 0.2) is 54.6 Å². The molecule has 0 aromatic heterocycles. The third-order valence-corrected chi connectivity index (χ3v) is 6.61. The molecule has 3 aromatic carbocycles. The van der Waals surface area contributed by atoms with Gasteiger partial charge in [-0.2, -0.15) is 13.2 Å². The zero-order valence-electron chi connectivity index (χ0n) is 16.1. The molecule has 1 N–H and O–H groups in total. The standard InChI is InChI=1S/C23H13ClF3I2NO2/c24-15-4-1-12(2-5-15)11-32-21-18(28)8-13(9-19(21)29)7-17-16-6-3-14(23(25,26)27)10-20(16)30-22(17)31/h1-10H,11H2,(H,30,31)/b17-7-. The Kier molecular flexibility index (Phi) is 6.73. The summed E-state index contributed by atoms with van der Waals surface area (Å²) in [7, 11) is 0. The number of hydrogen-bond acceptors (Lipinski definition) is 2. The molecule has 164 valence electrons. The maximum Gasteiger partial charge on any atom is 0.416 e. The molecule has 0 bridgehead atoms. The number of anilines is 1. The lowest BCUT2D eigenvalue weighted by Crippen LogP contribution is -2.06. The molecule has 32 heavy (non-hydrogen) atoms. The number of carbonyl (C=O) groups is 1. The van der Waals surface area contributed by atoms with Crippen LogP contribution in [0, 0.1) is 7.14 Å². The molecule has 0 saturated heterocycles. The van der Waals surface area contributed by atoms with Crippen molar-refractivity contribution in [3.05, 3.63) is 89.0 Å². The summed E-state index contributed by atoms with van der Waals surface area (Å²) in [6, 6.07) is 14.4. The minimum atomic E-state index is -4.47. The lowest BCUT2D eigenvalue weighted by Gasteiger charge is -2.12. The van der Waals surface area contributed by atoms with E-state index in [4.69, 9.17) is 16.3 Å². The van der Waals surface area contributed by atoms with Gasteiger partial charge in [0.1, 0.15) is 12.4 Å². The number of nitrogens with one attached hydrogen (secondary N) is 1. The van der Waals surface area contributed by atoms with Gasteiger partial charge in [0.15, 0.2) is 0 Å². The largest absolute Gasteiger partial charge is 0.487 e. The summed E-state index contributed by atoms with van der Waals surface area (Å²) in [5.41, 5.74) is 1.83. The maximum absolute atomic E-state index is 13.0. The van der Waals surface area contributed by atoms with E-state index < -0.39 is 17.6 Å². The fourth-order valence-electron chi connectivity index (χ4n) is 3.22. The molecular weight excluding hydrogens is 669 g/mol. The zero-order valence-corrected chi connectivity index (χ0v) is 21.1. The van der Waals surface area contributed by atoms with Crippen LogP contribution in [0.4, 0.5) is 18.9 Å². The molecule has 0 saturated carbocycles. The van der Waals surface area contributed by atoms with Gasteiger partial charge in [-0.3, -0.25) is 4.79 Å². The van der Waals surface area contributed by atoms with Gasteiger partial charge in [-0.25, -0.2) is 0 Å². The summed E-state index contributed by atoms with van der Waals surface area (Å²) < 4.78 is 46.6. The highest BCUT2D eigenvalue weighted by Crippen LogP contribution is 2.39. The fourth-order valence-corrected chi connectivity index (χ4v) is 5.47. The smallest absolute Gasteiger partial charge is 0.416 e. The Balaban J connectivity index is 1.60. The highest BCUT2D eigenvalue weighted by Gasteiger charge is 2.33. The minimum absolute atomic E-state index is 0.156. The normalized spacial score (nSPS) is 14.4. The monoisotopic (exact) mass is 681 g/mol. The first kappa shape index (κ1) is 23.4. The van der Waals surface area contributed by atoms with Crippen LogP contribution in [-0.2, 0) is 17.6 Å². The number of amides is 1. The van der Waals surface area contributed by atoms with Crippen molar-refractivity contribution in [3.8, 4) is 5.75 Å². The highest BCUT2D eigenvalue weighted by atomic mass is 127. The van der Waals surface area contributed by atoms with Crippen LogP contribution in [0.1, 0.15) is 22.3 Å². The molecule has 0 unspecified atom stereocenters. The number of hydrogen-bond donors (Lipinski definition) is 1. The number of fused-ring (bicyclic) bond motifs is 1. The number of carbonyl (C=O) groups excluding carboxylic acids is 1. The number of ether oxygens (including phenoxy) is 1. The predicted molar refractivity (Wildman–Crippen MR) is 136 cm³/mol. The average molecular weight is 682 g/mol. The molecule has 1 aliphatic heterocycles. The molecular formula is C23H13ClF3I2NO2. The number of benzene rings is 3. The van der Waals surface area contributed by atoms with Crippen molar-refractivity contribution in [2.75, 3.05) is 5.32 Å². The van der Waals surface area contributed by atoms with Crippen molar-refractivity contribution >= 4 is 80.0 Å². The van der Waals surface area contributed by atoms with Gasteiger partial charge < -0.3 is 10.1 Å². The highest BCUT2D eigenvalue weighted by molar-refractivity contribution is 14.1. The van der Waals surface area contributed by atoms with Gasteiger partial charge in [-0.1, -0.05) is 29.8 Å². The average Bonchev–Trinajstić information content (AvgIpc) is 3.02. The molecule has 0 aliphatic carbocycles. The lowest BCUT2D eigenvalue weighted by atomic mass is 10.0. The predicted octanol–water partition coefficient (Wildman–Crippen LogP) is 7.64. The van der Waals surface area contributed by atoms with Crippen LogP contribution < -0.4 is 10.1 Å². The Bertz CT molecular complexity index is 1220. The number of alkyl halides is 3. The van der Waals surface area contributed by atoms with E-state index >= 15 is 0 Å². The van der Waals surface area contributed by atoms with Crippen LogP contribution in [0.2, 0.25) is 5.02 Å². The van der Waals surface area contributed by atoms with E-state index in [0.29, 0.717) is 22.8 Å². The summed E-state index contributed by atoms with van der Waals surface area (Å²) in [6.07, 6.45) is -2.80. The summed E-state index contributed by atoms with van der Waals surface area (Å²) in [6.45, 7) is 0.376. The topological polar surface area (TPSA) is 38.3 Å². The Hall–Kier alpha value is -1.79. The molecule has 3 nitrogen and oxygen atoms in total. The van der Waals surface area contributed by atoms with Crippen molar-refractivity contribution in [2.45, 2.75) is 12.8 Å². The SMILES string of the molecule is O=C1Nc2cc(C(F)(F)F)ccc2/C1=C/c1cc(I)c(OCc2ccc(Cl)cc2)c(I)c1. The van der Waals surface area contributed by atoms with Crippen LogP contribution in [0.25, 0.3) is 11.6 Å². The molecule has 0 spiro atoms. The second-order valence-electron chi connectivity index (χ2n) is 7.00. The third-order valence-electron chi connectivity index (χ3n) is 4.76. The number of rotatable bonds is 4. The van der Waals surface area contributed by atoms with E-state index in [2.05, 4.69) is 50.5 Å². The van der Waals surface area contributed by atoms with Gasteiger partial charge in [-0.05, 0) is 98.8 Å². The van der Waals surface area contributed by atoms with E-state index in [1.54, 1.807) is 18.2 Å². The van der Waals surface area contributed by atoms with E-state index in [9.17, 15) is 18.0 Å². The van der Waals surface area contributed by atoms with E-state index in [1.807, 2.05) is 24.3 Å². The van der Waals surface area contributed by atoms with Crippen molar-refractivity contribution in [3.63, 3.8) is 0 Å². The van der Waals surface area contributed by atoms with Gasteiger partial charge in [0.05, 0.1) is 12.7 Å². The van der Waals surface area contributed by atoms with Crippen molar-refractivity contribution in [2.24, 2.45) is 0 Å². The van der Waals surface area contributed by atoms with Crippen molar-refractivity contribution in [1.29, 1.82) is 0 Å². The summed E-state index contributed by atoms with van der Waals surface area (Å²) in [5.74, 6) is 0.279.